The first kappa shape index (κ1) is 20.4. The standard InChI is InChI=1S/C20H31N3O3/c1-3-16(4-2)18(23-10-12-26-13-11-23)14-21-19(24)15-22-20(25)17-8-6-5-7-9-17/h5-9,16,18H,3-4,10-15H2,1-2H3,(H,21,24)(H,22,25). The fraction of sp³-hybridized carbons (Fsp3) is 0.600. The summed E-state index contributed by atoms with van der Waals surface area (Å²) in [7, 11) is 0. The van der Waals surface area contributed by atoms with Crippen molar-refractivity contribution in [3.05, 3.63) is 35.9 Å². The number of carbonyl (C=O) groups is 2. The normalized spacial score (nSPS) is 16.3. The maximum absolute atomic E-state index is 12.2. The summed E-state index contributed by atoms with van der Waals surface area (Å²) < 4.78 is 5.45. The maximum Gasteiger partial charge on any atom is 0.251 e. The van der Waals surface area contributed by atoms with Gasteiger partial charge in [-0.2, -0.15) is 0 Å². The molecule has 1 atom stereocenters. The molecule has 0 spiro atoms. The van der Waals surface area contributed by atoms with Gasteiger partial charge < -0.3 is 15.4 Å². The zero-order chi connectivity index (χ0) is 18.8. The highest BCUT2D eigenvalue weighted by Crippen LogP contribution is 2.19. The molecule has 1 unspecified atom stereocenters. The van der Waals surface area contributed by atoms with Crippen LogP contribution in [0.4, 0.5) is 0 Å². The lowest BCUT2D eigenvalue weighted by Crippen LogP contribution is -2.52. The Bertz CT molecular complexity index is 555. The molecule has 6 heteroatoms. The summed E-state index contributed by atoms with van der Waals surface area (Å²) in [6, 6.07) is 9.23. The molecule has 144 valence electrons. The van der Waals surface area contributed by atoms with E-state index in [4.69, 9.17) is 4.74 Å². The van der Waals surface area contributed by atoms with E-state index in [1.807, 2.05) is 6.07 Å². The van der Waals surface area contributed by atoms with E-state index in [0.29, 0.717) is 24.1 Å². The minimum Gasteiger partial charge on any atom is -0.379 e. The Labute approximate surface area is 156 Å². The van der Waals surface area contributed by atoms with Gasteiger partial charge in [-0.3, -0.25) is 14.5 Å². The zero-order valence-electron chi connectivity index (χ0n) is 15.9. The van der Waals surface area contributed by atoms with Crippen LogP contribution in [0.1, 0.15) is 37.0 Å². The van der Waals surface area contributed by atoms with Crippen LogP contribution in [-0.4, -0.2) is 62.1 Å². The molecule has 0 aromatic heterocycles. The van der Waals surface area contributed by atoms with Crippen molar-refractivity contribution in [3.63, 3.8) is 0 Å². The number of benzene rings is 1. The Morgan fingerprint density at radius 3 is 2.35 bits per heavy atom. The number of amides is 2. The first-order valence-electron chi connectivity index (χ1n) is 9.57. The fourth-order valence-electron chi connectivity index (χ4n) is 3.47. The third kappa shape index (κ3) is 6.11. The van der Waals surface area contributed by atoms with Crippen molar-refractivity contribution in [2.24, 2.45) is 5.92 Å². The SMILES string of the molecule is CCC(CC)C(CNC(=O)CNC(=O)c1ccccc1)N1CCOCC1. The van der Waals surface area contributed by atoms with E-state index in [9.17, 15) is 9.59 Å². The third-order valence-corrected chi connectivity index (χ3v) is 5.06. The van der Waals surface area contributed by atoms with Gasteiger partial charge in [-0.1, -0.05) is 44.9 Å². The monoisotopic (exact) mass is 361 g/mol. The van der Waals surface area contributed by atoms with Crippen LogP contribution in [0.3, 0.4) is 0 Å². The van der Waals surface area contributed by atoms with Gasteiger partial charge in [-0.15, -0.1) is 0 Å². The van der Waals surface area contributed by atoms with Crippen molar-refractivity contribution in [1.82, 2.24) is 15.5 Å². The van der Waals surface area contributed by atoms with Gasteiger partial charge in [0.25, 0.3) is 5.91 Å². The highest BCUT2D eigenvalue weighted by molar-refractivity contribution is 5.96. The predicted octanol–water partition coefficient (Wildman–Crippen LogP) is 1.67. The van der Waals surface area contributed by atoms with Gasteiger partial charge in [0, 0.05) is 31.2 Å². The first-order chi connectivity index (χ1) is 12.7. The summed E-state index contributed by atoms with van der Waals surface area (Å²) in [5, 5.41) is 5.67. The molecule has 1 aromatic carbocycles. The fourth-order valence-corrected chi connectivity index (χ4v) is 3.47. The van der Waals surface area contributed by atoms with Gasteiger partial charge in [0.1, 0.15) is 0 Å². The van der Waals surface area contributed by atoms with E-state index in [2.05, 4.69) is 29.4 Å². The number of hydrogen-bond donors (Lipinski definition) is 2. The molecule has 2 rings (SSSR count). The molecular weight excluding hydrogens is 330 g/mol. The number of carbonyl (C=O) groups excluding carboxylic acids is 2. The van der Waals surface area contributed by atoms with Crippen LogP contribution in [0.2, 0.25) is 0 Å². The molecule has 1 aliphatic rings. The van der Waals surface area contributed by atoms with Crippen LogP contribution in [0, 0.1) is 5.92 Å². The molecule has 2 amide bonds. The molecule has 6 nitrogen and oxygen atoms in total. The summed E-state index contributed by atoms with van der Waals surface area (Å²) in [5.41, 5.74) is 0.559. The number of rotatable bonds is 9. The summed E-state index contributed by atoms with van der Waals surface area (Å²) >= 11 is 0. The van der Waals surface area contributed by atoms with E-state index in [0.717, 1.165) is 39.1 Å². The van der Waals surface area contributed by atoms with Gasteiger partial charge in [-0.25, -0.2) is 0 Å². The molecule has 0 aliphatic carbocycles. The topological polar surface area (TPSA) is 70.7 Å². The summed E-state index contributed by atoms with van der Waals surface area (Å²) in [6.07, 6.45) is 2.16. The average molecular weight is 361 g/mol. The molecule has 1 aliphatic heterocycles. The van der Waals surface area contributed by atoms with Crippen LogP contribution >= 0.6 is 0 Å². The molecule has 1 fully saturated rings. The third-order valence-electron chi connectivity index (χ3n) is 5.06. The van der Waals surface area contributed by atoms with E-state index < -0.39 is 0 Å². The number of hydrogen-bond acceptors (Lipinski definition) is 4. The van der Waals surface area contributed by atoms with Crippen LogP contribution in [0.5, 0.6) is 0 Å². The molecular formula is C20H31N3O3. The van der Waals surface area contributed by atoms with Crippen molar-refractivity contribution < 1.29 is 14.3 Å². The molecule has 1 aromatic rings. The highest BCUT2D eigenvalue weighted by atomic mass is 16.5. The van der Waals surface area contributed by atoms with Crippen molar-refractivity contribution in [2.75, 3.05) is 39.4 Å². The van der Waals surface area contributed by atoms with Gasteiger partial charge in [-0.05, 0) is 18.1 Å². The molecule has 0 radical (unpaired) electrons. The maximum atomic E-state index is 12.2. The van der Waals surface area contributed by atoms with Crippen molar-refractivity contribution in [1.29, 1.82) is 0 Å². The Morgan fingerprint density at radius 1 is 1.08 bits per heavy atom. The Hall–Kier alpha value is -1.92. The lowest BCUT2D eigenvalue weighted by molar-refractivity contribution is -0.120. The van der Waals surface area contributed by atoms with Crippen LogP contribution in [0.15, 0.2) is 30.3 Å². The smallest absolute Gasteiger partial charge is 0.251 e. The second-order valence-electron chi connectivity index (χ2n) is 6.65. The largest absolute Gasteiger partial charge is 0.379 e. The lowest BCUT2D eigenvalue weighted by Gasteiger charge is -2.38. The quantitative estimate of drug-likeness (QED) is 0.702. The van der Waals surface area contributed by atoms with E-state index >= 15 is 0 Å². The Balaban J connectivity index is 1.82. The van der Waals surface area contributed by atoms with Gasteiger partial charge >= 0.3 is 0 Å². The molecule has 2 N–H and O–H groups in total. The number of nitrogens with one attached hydrogen (secondary N) is 2. The molecule has 1 heterocycles. The summed E-state index contributed by atoms with van der Waals surface area (Å²) in [5.74, 6) is 0.149. The summed E-state index contributed by atoms with van der Waals surface area (Å²) in [6.45, 7) is 8.30. The molecule has 0 saturated carbocycles. The predicted molar refractivity (Wildman–Crippen MR) is 102 cm³/mol. The van der Waals surface area contributed by atoms with Crippen LogP contribution in [0.25, 0.3) is 0 Å². The Morgan fingerprint density at radius 2 is 1.73 bits per heavy atom. The number of morpholine rings is 1. The summed E-state index contributed by atoms with van der Waals surface area (Å²) in [4.78, 5) is 26.6. The van der Waals surface area contributed by atoms with E-state index in [-0.39, 0.29) is 18.4 Å². The van der Waals surface area contributed by atoms with Crippen LogP contribution in [-0.2, 0) is 9.53 Å². The van der Waals surface area contributed by atoms with Gasteiger partial charge in [0.2, 0.25) is 5.91 Å². The van der Waals surface area contributed by atoms with E-state index in [1.54, 1.807) is 24.3 Å². The molecule has 1 saturated heterocycles. The second kappa shape index (κ2) is 10.9. The lowest BCUT2D eigenvalue weighted by atomic mass is 9.92. The molecule has 0 bridgehead atoms. The van der Waals surface area contributed by atoms with Crippen LogP contribution < -0.4 is 10.6 Å². The minimum absolute atomic E-state index is 0.00746. The number of nitrogens with zero attached hydrogens (tertiary/aromatic N) is 1. The van der Waals surface area contributed by atoms with Gasteiger partial charge in [0.15, 0.2) is 0 Å². The zero-order valence-corrected chi connectivity index (χ0v) is 15.9. The van der Waals surface area contributed by atoms with E-state index in [1.165, 1.54) is 0 Å². The van der Waals surface area contributed by atoms with Crippen molar-refractivity contribution in [3.8, 4) is 0 Å². The van der Waals surface area contributed by atoms with Crippen molar-refractivity contribution >= 4 is 11.8 Å². The minimum atomic E-state index is -0.231. The first-order valence-corrected chi connectivity index (χ1v) is 9.57. The number of ether oxygens (including phenoxy) is 1. The second-order valence-corrected chi connectivity index (χ2v) is 6.65. The average Bonchev–Trinajstić information content (AvgIpc) is 2.70. The van der Waals surface area contributed by atoms with Crippen molar-refractivity contribution in [2.45, 2.75) is 32.7 Å². The highest BCUT2D eigenvalue weighted by Gasteiger charge is 2.27. The van der Waals surface area contributed by atoms with Gasteiger partial charge in [0.05, 0.1) is 19.8 Å². The Kier molecular flexibility index (Phi) is 8.58. The molecule has 26 heavy (non-hydrogen) atoms.